The Hall–Kier alpha value is -1.29. The summed E-state index contributed by atoms with van der Waals surface area (Å²) in [6, 6.07) is 18.6. The van der Waals surface area contributed by atoms with Crippen molar-refractivity contribution >= 4 is 44.6 Å². The van der Waals surface area contributed by atoms with Gasteiger partial charge in [0.05, 0.1) is 5.02 Å². The molecule has 0 saturated carbocycles. The lowest BCUT2D eigenvalue weighted by atomic mass is 10.1. The third-order valence-corrected chi connectivity index (χ3v) is 5.32. The molecule has 0 spiro atoms. The van der Waals surface area contributed by atoms with E-state index in [1.807, 2.05) is 18.2 Å². The highest BCUT2D eigenvalue weighted by atomic mass is 79.9. The van der Waals surface area contributed by atoms with Crippen LogP contribution in [0.5, 0.6) is 0 Å². The summed E-state index contributed by atoms with van der Waals surface area (Å²) in [7, 11) is 0. The van der Waals surface area contributed by atoms with Gasteiger partial charge in [0, 0.05) is 27.1 Å². The second-order valence-corrected chi connectivity index (χ2v) is 6.83. The summed E-state index contributed by atoms with van der Waals surface area (Å²) in [4.78, 5) is 1.27. The van der Waals surface area contributed by atoms with Crippen LogP contribution in [0, 0.1) is 0 Å². The summed E-state index contributed by atoms with van der Waals surface area (Å²) in [5.41, 5.74) is 3.53. The lowest BCUT2D eigenvalue weighted by molar-refractivity contribution is 1.15. The Balaban J connectivity index is 1.81. The predicted octanol–water partition coefficient (Wildman–Crippen LogP) is 6.44. The van der Waals surface area contributed by atoms with Crippen LogP contribution in [0.4, 0.5) is 5.69 Å². The zero-order valence-corrected chi connectivity index (χ0v) is 14.3. The van der Waals surface area contributed by atoms with E-state index < -0.39 is 0 Å². The standard InChI is InChI=1S/C17H13BrClNS/c18-14-8-7-12(10-15(14)19)11-20-16-5-2-1-4-13(16)17-6-3-9-21-17/h1-10,20H,11H2. The first-order chi connectivity index (χ1) is 10.2. The summed E-state index contributed by atoms with van der Waals surface area (Å²) in [5.74, 6) is 0. The summed E-state index contributed by atoms with van der Waals surface area (Å²) in [6.07, 6.45) is 0. The van der Waals surface area contributed by atoms with E-state index in [1.54, 1.807) is 11.3 Å². The monoisotopic (exact) mass is 377 g/mol. The van der Waals surface area contributed by atoms with Crippen molar-refractivity contribution in [2.45, 2.75) is 6.54 Å². The molecule has 0 aliphatic carbocycles. The first-order valence-corrected chi connectivity index (χ1v) is 8.60. The topological polar surface area (TPSA) is 12.0 Å². The van der Waals surface area contributed by atoms with E-state index >= 15 is 0 Å². The van der Waals surface area contributed by atoms with Gasteiger partial charge in [-0.25, -0.2) is 0 Å². The maximum atomic E-state index is 6.14. The molecule has 0 saturated heterocycles. The third-order valence-electron chi connectivity index (χ3n) is 3.18. The number of halogens is 2. The fraction of sp³-hybridized carbons (Fsp3) is 0.0588. The summed E-state index contributed by atoms with van der Waals surface area (Å²) < 4.78 is 0.923. The van der Waals surface area contributed by atoms with Gasteiger partial charge in [0.1, 0.15) is 0 Å². The molecule has 21 heavy (non-hydrogen) atoms. The van der Waals surface area contributed by atoms with Crippen LogP contribution in [0.3, 0.4) is 0 Å². The summed E-state index contributed by atoms with van der Waals surface area (Å²) in [5, 5.41) is 6.33. The average molecular weight is 379 g/mol. The predicted molar refractivity (Wildman–Crippen MR) is 96.2 cm³/mol. The van der Waals surface area contributed by atoms with Gasteiger partial charge in [0.25, 0.3) is 0 Å². The van der Waals surface area contributed by atoms with E-state index in [4.69, 9.17) is 11.6 Å². The summed E-state index contributed by atoms with van der Waals surface area (Å²) >= 11 is 11.3. The molecule has 1 nitrogen and oxygen atoms in total. The number of para-hydroxylation sites is 1. The fourth-order valence-electron chi connectivity index (χ4n) is 2.13. The van der Waals surface area contributed by atoms with Gasteiger partial charge >= 0.3 is 0 Å². The minimum atomic E-state index is 0.737. The Morgan fingerprint density at radius 3 is 2.67 bits per heavy atom. The van der Waals surface area contributed by atoms with Crippen LogP contribution in [-0.4, -0.2) is 0 Å². The number of rotatable bonds is 4. The summed E-state index contributed by atoms with van der Waals surface area (Å²) in [6.45, 7) is 0.745. The molecular formula is C17H13BrClNS. The van der Waals surface area contributed by atoms with Gasteiger partial charge in [-0.05, 0) is 51.1 Å². The van der Waals surface area contributed by atoms with Crippen LogP contribution < -0.4 is 5.32 Å². The van der Waals surface area contributed by atoms with Gasteiger partial charge < -0.3 is 5.32 Å². The molecule has 0 radical (unpaired) electrons. The van der Waals surface area contributed by atoms with Crippen molar-refractivity contribution < 1.29 is 0 Å². The Morgan fingerprint density at radius 2 is 1.90 bits per heavy atom. The third kappa shape index (κ3) is 3.49. The zero-order valence-electron chi connectivity index (χ0n) is 11.1. The van der Waals surface area contributed by atoms with E-state index in [0.717, 1.165) is 27.3 Å². The Bertz CT molecular complexity index is 740. The minimum Gasteiger partial charge on any atom is -0.380 e. The number of nitrogens with one attached hydrogen (secondary N) is 1. The van der Waals surface area contributed by atoms with Gasteiger partial charge in [-0.1, -0.05) is 41.9 Å². The molecule has 0 aliphatic rings. The molecule has 0 atom stereocenters. The first kappa shape index (κ1) is 14.6. The van der Waals surface area contributed by atoms with E-state index in [1.165, 1.54) is 10.4 Å². The molecule has 0 bridgehead atoms. The van der Waals surface area contributed by atoms with E-state index in [2.05, 4.69) is 63.0 Å². The van der Waals surface area contributed by atoms with Crippen LogP contribution in [0.15, 0.2) is 64.5 Å². The molecule has 106 valence electrons. The molecule has 1 N–H and O–H groups in total. The van der Waals surface area contributed by atoms with Gasteiger partial charge in [-0.15, -0.1) is 11.3 Å². The number of thiophene rings is 1. The Kier molecular flexibility index (Phi) is 4.63. The molecule has 0 fully saturated rings. The number of hydrogen-bond acceptors (Lipinski definition) is 2. The van der Waals surface area contributed by atoms with Gasteiger partial charge in [-0.3, -0.25) is 0 Å². The molecule has 0 amide bonds. The smallest absolute Gasteiger partial charge is 0.0551 e. The first-order valence-electron chi connectivity index (χ1n) is 6.55. The number of hydrogen-bond donors (Lipinski definition) is 1. The molecule has 4 heteroatoms. The van der Waals surface area contributed by atoms with Gasteiger partial charge in [0.2, 0.25) is 0 Å². The maximum absolute atomic E-state index is 6.14. The molecule has 3 aromatic rings. The molecule has 2 aromatic carbocycles. The highest BCUT2D eigenvalue weighted by Gasteiger charge is 2.05. The molecule has 0 aliphatic heterocycles. The largest absolute Gasteiger partial charge is 0.380 e. The van der Waals surface area contributed by atoms with Crippen molar-refractivity contribution in [3.63, 3.8) is 0 Å². The highest BCUT2D eigenvalue weighted by molar-refractivity contribution is 9.10. The highest BCUT2D eigenvalue weighted by Crippen LogP contribution is 2.32. The van der Waals surface area contributed by atoms with Crippen molar-refractivity contribution in [3.8, 4) is 10.4 Å². The lowest BCUT2D eigenvalue weighted by Gasteiger charge is -2.11. The van der Waals surface area contributed by atoms with Crippen molar-refractivity contribution in [2.75, 3.05) is 5.32 Å². The number of benzene rings is 2. The molecule has 3 rings (SSSR count). The number of anilines is 1. The maximum Gasteiger partial charge on any atom is 0.0551 e. The van der Waals surface area contributed by atoms with Crippen LogP contribution in [-0.2, 0) is 6.54 Å². The van der Waals surface area contributed by atoms with Crippen LogP contribution in [0.25, 0.3) is 10.4 Å². The fourth-order valence-corrected chi connectivity index (χ4v) is 3.35. The zero-order chi connectivity index (χ0) is 14.7. The van der Waals surface area contributed by atoms with Crippen molar-refractivity contribution in [3.05, 3.63) is 75.0 Å². The molecule has 1 aromatic heterocycles. The Labute approximate surface area is 141 Å². The normalized spacial score (nSPS) is 10.6. The van der Waals surface area contributed by atoms with E-state index in [0.29, 0.717) is 0 Å². The minimum absolute atomic E-state index is 0.737. The van der Waals surface area contributed by atoms with Crippen LogP contribution in [0.1, 0.15) is 5.56 Å². The lowest BCUT2D eigenvalue weighted by Crippen LogP contribution is -2.00. The second-order valence-electron chi connectivity index (χ2n) is 4.62. The molecular weight excluding hydrogens is 366 g/mol. The van der Waals surface area contributed by atoms with Crippen molar-refractivity contribution in [2.24, 2.45) is 0 Å². The molecule has 0 unspecified atom stereocenters. The Morgan fingerprint density at radius 1 is 1.05 bits per heavy atom. The van der Waals surface area contributed by atoms with Crippen LogP contribution in [0.2, 0.25) is 5.02 Å². The van der Waals surface area contributed by atoms with E-state index in [-0.39, 0.29) is 0 Å². The quantitative estimate of drug-likeness (QED) is 0.550. The van der Waals surface area contributed by atoms with Gasteiger partial charge in [0.15, 0.2) is 0 Å². The average Bonchev–Trinajstić information content (AvgIpc) is 3.03. The second kappa shape index (κ2) is 6.65. The van der Waals surface area contributed by atoms with Crippen LogP contribution >= 0.6 is 38.9 Å². The van der Waals surface area contributed by atoms with E-state index in [9.17, 15) is 0 Å². The van der Waals surface area contributed by atoms with Gasteiger partial charge in [-0.2, -0.15) is 0 Å². The molecule has 1 heterocycles. The van der Waals surface area contributed by atoms with Crippen molar-refractivity contribution in [1.82, 2.24) is 0 Å². The van der Waals surface area contributed by atoms with Crippen molar-refractivity contribution in [1.29, 1.82) is 0 Å². The SMILES string of the molecule is Clc1cc(CNc2ccccc2-c2cccs2)ccc1Br.